The largest absolute Gasteiger partial charge is 0.354 e. The van der Waals surface area contributed by atoms with Gasteiger partial charge in [-0.3, -0.25) is 34.9 Å². The number of aromatic nitrogens is 9. The molecule has 0 bridgehead atoms. The Morgan fingerprint density at radius 3 is 1.29 bits per heavy atom. The van der Waals surface area contributed by atoms with Crippen LogP contribution in [0.5, 0.6) is 0 Å². The topological polar surface area (TPSA) is 99.0 Å². The van der Waals surface area contributed by atoms with Gasteiger partial charge in [0.15, 0.2) is 0 Å². The number of benzene rings is 2. The normalized spacial score (nSPS) is 15.0. The molecule has 0 spiro atoms. The summed E-state index contributed by atoms with van der Waals surface area (Å²) in [6.07, 6.45) is 20.7. The molecule has 13 rings (SSSR count). The van der Waals surface area contributed by atoms with Crippen molar-refractivity contribution in [3.8, 4) is 34.2 Å². The standard InChI is InChI=1S/C58H41N9.Pt/c1-55(2,3)37-23-30-59-48(35-37)57(44-19-9-26-62-51(44)52-45(57)20-10-27-63-52)40-15-5-13-38(33-40)56(42-17-7-24-60-49(42)50-43(56)18-8-25-61-50)39-14-6-16-41(34-39)58(67-32-31-66(4)36-67)46-21-11-28-64-53(46)54-47(58)22-12-29-65-54;/h5-32,35H,1-4H3;/q-2;. The first kappa shape index (κ1) is 41.8. The first-order chi connectivity index (χ1) is 32.8. The Balaban J connectivity index is 0.00000480. The van der Waals surface area contributed by atoms with Gasteiger partial charge in [0.25, 0.3) is 0 Å². The van der Waals surface area contributed by atoms with Crippen molar-refractivity contribution < 1.29 is 25.6 Å². The number of pyridine rings is 7. The summed E-state index contributed by atoms with van der Waals surface area (Å²) in [4.78, 5) is 35.4. The van der Waals surface area contributed by atoms with E-state index >= 15 is 0 Å². The Morgan fingerprint density at radius 1 is 0.456 bits per heavy atom. The summed E-state index contributed by atoms with van der Waals surface area (Å²) in [7, 11) is 1.99. The smallest absolute Gasteiger partial charge is 0.204 e. The van der Waals surface area contributed by atoms with Crippen LogP contribution >= 0.6 is 0 Å². The molecule has 10 aromatic rings. The summed E-state index contributed by atoms with van der Waals surface area (Å²) in [6.45, 7) is 6.72. The van der Waals surface area contributed by atoms with Gasteiger partial charge in [-0.25, -0.2) is 0 Å². The van der Waals surface area contributed by atoms with Crippen molar-refractivity contribution in [1.29, 1.82) is 0 Å². The van der Waals surface area contributed by atoms with Crippen molar-refractivity contribution in [2.45, 2.75) is 42.6 Å². The van der Waals surface area contributed by atoms with Gasteiger partial charge < -0.3 is 9.13 Å². The average molecular weight is 1060 g/mol. The molecule has 10 heteroatoms. The third kappa shape index (κ3) is 5.48. The van der Waals surface area contributed by atoms with Crippen LogP contribution in [0, 0.1) is 18.5 Å². The van der Waals surface area contributed by atoms with Crippen LogP contribution in [0.25, 0.3) is 34.2 Å². The van der Waals surface area contributed by atoms with E-state index in [0.29, 0.717) is 0 Å². The zero-order valence-electron chi connectivity index (χ0n) is 37.6. The molecule has 0 radical (unpaired) electrons. The van der Waals surface area contributed by atoms with Crippen molar-refractivity contribution in [1.82, 2.24) is 39.5 Å². The number of aryl methyl sites for hydroxylation is 1. The number of fused-ring (bicyclic) bond motifs is 9. The molecule has 0 amide bonds. The van der Waals surface area contributed by atoms with Crippen LogP contribution in [0.4, 0.5) is 0 Å². The Bertz CT molecular complexity index is 3510. The number of nitrogens with zero attached hydrogens (tertiary/aromatic N) is 9. The van der Waals surface area contributed by atoms with Gasteiger partial charge in [0.05, 0.1) is 52.3 Å². The average Bonchev–Trinajstić information content (AvgIpc) is 4.11. The minimum atomic E-state index is -0.990. The van der Waals surface area contributed by atoms with E-state index in [4.69, 9.17) is 34.9 Å². The fraction of sp³-hybridized carbons (Fsp3) is 0.138. The van der Waals surface area contributed by atoms with Crippen molar-refractivity contribution in [2.24, 2.45) is 7.05 Å². The first-order valence-corrected chi connectivity index (χ1v) is 22.5. The summed E-state index contributed by atoms with van der Waals surface area (Å²) in [5, 5.41) is 0. The maximum absolute atomic E-state index is 5.27. The molecule has 0 saturated carbocycles. The zero-order chi connectivity index (χ0) is 45.1. The number of imidazole rings is 1. The molecule has 8 heterocycles. The fourth-order valence-electron chi connectivity index (χ4n) is 11.4. The van der Waals surface area contributed by atoms with Gasteiger partial charge in [0.2, 0.25) is 6.33 Å². The number of rotatable bonds is 6. The van der Waals surface area contributed by atoms with Gasteiger partial charge in [-0.2, -0.15) is 48.5 Å². The van der Waals surface area contributed by atoms with E-state index in [0.717, 1.165) is 95.5 Å². The summed E-state index contributed by atoms with van der Waals surface area (Å²) in [5.41, 5.74) is 13.7. The molecule has 0 aliphatic heterocycles. The maximum Gasteiger partial charge on any atom is 0.204 e. The van der Waals surface area contributed by atoms with Crippen molar-refractivity contribution in [3.05, 3.63) is 262 Å². The summed E-state index contributed by atoms with van der Waals surface area (Å²) in [6, 6.07) is 50.9. The van der Waals surface area contributed by atoms with Gasteiger partial charge >= 0.3 is 0 Å². The van der Waals surface area contributed by atoms with Crippen molar-refractivity contribution in [3.63, 3.8) is 0 Å². The molecule has 330 valence electrons. The summed E-state index contributed by atoms with van der Waals surface area (Å²) < 4.78 is 4.10. The molecule has 3 aliphatic carbocycles. The second-order valence-electron chi connectivity index (χ2n) is 18.6. The van der Waals surface area contributed by atoms with Crippen LogP contribution in [0.1, 0.15) is 87.7 Å². The molecule has 8 aromatic heterocycles. The Hall–Kier alpha value is -7.61. The Labute approximate surface area is 409 Å². The van der Waals surface area contributed by atoms with Gasteiger partial charge in [-0.05, 0) is 94.2 Å². The molecular weight excluding hydrogens is 1020 g/mol. The molecule has 0 N–H and O–H groups in total. The summed E-state index contributed by atoms with van der Waals surface area (Å²) in [5.74, 6) is 0. The van der Waals surface area contributed by atoms with Gasteiger partial charge in [0.1, 0.15) is 5.54 Å². The van der Waals surface area contributed by atoms with Crippen LogP contribution in [0.2, 0.25) is 0 Å². The van der Waals surface area contributed by atoms with Gasteiger partial charge in [-0.1, -0.05) is 57.2 Å². The number of hydrogen-bond acceptors (Lipinski definition) is 7. The second kappa shape index (κ2) is 15.2. The van der Waals surface area contributed by atoms with E-state index in [1.165, 1.54) is 5.56 Å². The van der Waals surface area contributed by atoms with Crippen molar-refractivity contribution in [2.75, 3.05) is 0 Å². The molecule has 0 unspecified atom stereocenters. The maximum atomic E-state index is 5.27. The van der Waals surface area contributed by atoms with E-state index in [9.17, 15) is 0 Å². The Kier molecular flexibility index (Phi) is 9.35. The number of hydrogen-bond donors (Lipinski definition) is 0. The fourth-order valence-corrected chi connectivity index (χ4v) is 11.4. The third-order valence-corrected chi connectivity index (χ3v) is 14.2. The van der Waals surface area contributed by atoms with Crippen LogP contribution in [-0.4, -0.2) is 39.5 Å². The van der Waals surface area contributed by atoms with E-state index < -0.39 is 16.4 Å². The molecule has 9 nitrogen and oxygen atoms in total. The van der Waals surface area contributed by atoms with E-state index in [1.54, 1.807) is 0 Å². The molecule has 2 aromatic carbocycles. The predicted octanol–water partition coefficient (Wildman–Crippen LogP) is 9.32. The first-order valence-electron chi connectivity index (χ1n) is 22.5. The monoisotopic (exact) mass is 1060 g/mol. The third-order valence-electron chi connectivity index (χ3n) is 14.2. The molecular formula is C58H41N9Pt-2. The van der Waals surface area contributed by atoms with Gasteiger partial charge in [0, 0.05) is 81.0 Å². The SMILES string of the molecule is C[n+]1[c-]n(C2(c3[c-]c(C4(c5[c-]c(C6(c7cc(C(C)(C)C)ccn7)c7cccnc7-c7ncccc76)ccc5)c5cccnc5-c5ncccc54)ccc3)c3cccnc3-c3ncccc32)cc1.[Pt]. The van der Waals surface area contributed by atoms with E-state index in [1.807, 2.05) is 97.6 Å². The van der Waals surface area contributed by atoms with Crippen LogP contribution in [0.15, 0.2) is 177 Å². The van der Waals surface area contributed by atoms with Gasteiger partial charge in [-0.15, -0.1) is 22.3 Å². The minimum absolute atomic E-state index is 0. The Morgan fingerprint density at radius 2 is 0.853 bits per heavy atom. The van der Waals surface area contributed by atoms with E-state index in [2.05, 4.69) is 135 Å². The molecule has 3 aliphatic rings. The molecule has 0 fully saturated rings. The quantitative estimate of drug-likeness (QED) is 0.121. The molecule has 0 atom stereocenters. The van der Waals surface area contributed by atoms with Crippen LogP contribution < -0.4 is 4.57 Å². The second-order valence-corrected chi connectivity index (χ2v) is 18.6. The zero-order valence-corrected chi connectivity index (χ0v) is 39.9. The molecule has 68 heavy (non-hydrogen) atoms. The van der Waals surface area contributed by atoms with Crippen molar-refractivity contribution >= 4 is 0 Å². The molecule has 0 saturated heterocycles. The minimum Gasteiger partial charge on any atom is -0.354 e. The predicted molar refractivity (Wildman–Crippen MR) is 254 cm³/mol. The van der Waals surface area contributed by atoms with Crippen LogP contribution in [-0.2, 0) is 49.9 Å². The van der Waals surface area contributed by atoms with Crippen LogP contribution in [0.3, 0.4) is 0 Å². The van der Waals surface area contributed by atoms with E-state index in [-0.39, 0.29) is 26.5 Å². The summed E-state index contributed by atoms with van der Waals surface area (Å²) >= 11 is 0.